The van der Waals surface area contributed by atoms with E-state index in [2.05, 4.69) is 39.5 Å². The molecule has 1 saturated carbocycles. The molecule has 1 aliphatic carbocycles. The smallest absolute Gasteiger partial charge is 0.411 e. The largest absolute Gasteiger partial charge is 0.449 e. The van der Waals surface area contributed by atoms with Crippen LogP contribution < -0.4 is 5.32 Å². The molecule has 1 aliphatic heterocycles. The lowest BCUT2D eigenvalue weighted by molar-refractivity contribution is 0.125. The number of halogens is 2. The quantitative estimate of drug-likeness (QED) is 0.722. The van der Waals surface area contributed by atoms with Crippen molar-refractivity contribution < 1.29 is 9.53 Å². The Morgan fingerprint density at radius 1 is 1.19 bits per heavy atom. The van der Waals surface area contributed by atoms with E-state index in [9.17, 15) is 4.79 Å². The van der Waals surface area contributed by atoms with Crippen LogP contribution >= 0.6 is 23.2 Å². The standard InChI is InChI=1S/C20H21Cl2N3O2/c21-18-8-15(9-19(22)24-18)23-20(26)27-12-16-14-6-7-17(16)25(11-14)10-13-4-2-1-3-5-13/h1-5,8-9,14,16-17H,6-7,10-12H2,(H,23,24,26). The van der Waals surface area contributed by atoms with E-state index in [0.29, 0.717) is 30.2 Å². The molecule has 2 fully saturated rings. The second-order valence-corrected chi connectivity index (χ2v) is 7.98. The van der Waals surface area contributed by atoms with Crippen LogP contribution in [0.15, 0.2) is 42.5 Å². The van der Waals surface area contributed by atoms with Crippen LogP contribution in [-0.4, -0.2) is 35.2 Å². The highest BCUT2D eigenvalue weighted by molar-refractivity contribution is 6.32. The number of carbonyl (C=O) groups excluding carboxylic acids is 1. The van der Waals surface area contributed by atoms with Gasteiger partial charge in [0.2, 0.25) is 0 Å². The molecule has 142 valence electrons. The number of fused-ring (bicyclic) bond motifs is 2. The van der Waals surface area contributed by atoms with Gasteiger partial charge in [0, 0.05) is 25.0 Å². The van der Waals surface area contributed by atoms with Crippen LogP contribution in [0.5, 0.6) is 0 Å². The summed E-state index contributed by atoms with van der Waals surface area (Å²) in [6.45, 7) is 2.46. The normalized spacial score (nSPS) is 24.1. The molecule has 7 heteroatoms. The van der Waals surface area contributed by atoms with Crippen LogP contribution in [0.4, 0.5) is 10.5 Å². The fourth-order valence-electron chi connectivity index (χ4n) is 4.35. The minimum absolute atomic E-state index is 0.225. The summed E-state index contributed by atoms with van der Waals surface area (Å²) in [5, 5.41) is 3.12. The number of likely N-dealkylation sites (tertiary alicyclic amines) is 1. The predicted octanol–water partition coefficient (Wildman–Crippen LogP) is 4.85. The van der Waals surface area contributed by atoms with Crippen molar-refractivity contribution in [2.75, 3.05) is 18.5 Å². The third kappa shape index (κ3) is 4.37. The van der Waals surface area contributed by atoms with Crippen LogP contribution in [0, 0.1) is 11.8 Å². The molecule has 2 aliphatic rings. The minimum Gasteiger partial charge on any atom is -0.449 e. The van der Waals surface area contributed by atoms with Gasteiger partial charge in [-0.25, -0.2) is 9.78 Å². The summed E-state index contributed by atoms with van der Waals surface area (Å²) in [5.41, 5.74) is 1.80. The molecule has 4 rings (SSSR count). The van der Waals surface area contributed by atoms with Crippen molar-refractivity contribution in [2.24, 2.45) is 11.8 Å². The van der Waals surface area contributed by atoms with Gasteiger partial charge in [0.05, 0.1) is 12.3 Å². The van der Waals surface area contributed by atoms with Gasteiger partial charge in [0.15, 0.2) is 0 Å². The first-order valence-corrected chi connectivity index (χ1v) is 9.89. The molecule has 3 unspecified atom stereocenters. The van der Waals surface area contributed by atoms with Crippen molar-refractivity contribution in [1.82, 2.24) is 9.88 Å². The number of piperidine rings is 1. The van der Waals surface area contributed by atoms with E-state index < -0.39 is 6.09 Å². The molecule has 3 atom stereocenters. The van der Waals surface area contributed by atoms with Crippen LogP contribution in [0.2, 0.25) is 10.3 Å². The lowest BCUT2D eigenvalue weighted by Gasteiger charge is -2.27. The summed E-state index contributed by atoms with van der Waals surface area (Å²) in [7, 11) is 0. The predicted molar refractivity (Wildman–Crippen MR) is 106 cm³/mol. The number of carbonyl (C=O) groups is 1. The molecule has 0 spiro atoms. The number of nitrogens with one attached hydrogen (secondary N) is 1. The Labute approximate surface area is 168 Å². The maximum atomic E-state index is 12.1. The molecular formula is C20H21Cl2N3O2. The lowest BCUT2D eigenvalue weighted by Crippen LogP contribution is -2.33. The summed E-state index contributed by atoms with van der Waals surface area (Å²) in [5.74, 6) is 0.986. The zero-order valence-corrected chi connectivity index (χ0v) is 16.3. The van der Waals surface area contributed by atoms with E-state index in [1.165, 1.54) is 30.5 Å². The van der Waals surface area contributed by atoms with E-state index in [4.69, 9.17) is 27.9 Å². The first-order chi connectivity index (χ1) is 13.1. The Morgan fingerprint density at radius 2 is 1.93 bits per heavy atom. The Balaban J connectivity index is 1.31. The first kappa shape index (κ1) is 18.5. The van der Waals surface area contributed by atoms with Crippen molar-refractivity contribution in [3.05, 3.63) is 58.3 Å². The summed E-state index contributed by atoms with van der Waals surface area (Å²) >= 11 is 11.7. The zero-order valence-electron chi connectivity index (χ0n) is 14.8. The molecule has 5 nitrogen and oxygen atoms in total. The van der Waals surface area contributed by atoms with Gasteiger partial charge in [-0.15, -0.1) is 0 Å². The number of anilines is 1. The molecule has 1 aromatic carbocycles. The SMILES string of the molecule is O=C(Nc1cc(Cl)nc(Cl)c1)OCC1C2CCC1N(Cc1ccccc1)C2. The molecule has 1 saturated heterocycles. The number of aromatic nitrogens is 1. The summed E-state index contributed by atoms with van der Waals surface area (Å²) in [4.78, 5) is 18.5. The maximum absolute atomic E-state index is 12.1. The van der Waals surface area contributed by atoms with Crippen molar-refractivity contribution in [2.45, 2.75) is 25.4 Å². The second kappa shape index (κ2) is 8.05. The van der Waals surface area contributed by atoms with E-state index in [-0.39, 0.29) is 10.3 Å². The van der Waals surface area contributed by atoms with Gasteiger partial charge in [-0.05, 0) is 36.5 Å². The first-order valence-electron chi connectivity index (χ1n) is 9.13. The molecule has 0 radical (unpaired) electrons. The van der Waals surface area contributed by atoms with Crippen molar-refractivity contribution >= 4 is 35.0 Å². The minimum atomic E-state index is -0.491. The number of ether oxygens (including phenoxy) is 1. The number of amides is 1. The highest BCUT2D eigenvalue weighted by atomic mass is 35.5. The van der Waals surface area contributed by atoms with Crippen LogP contribution in [0.3, 0.4) is 0 Å². The molecule has 2 aromatic rings. The fourth-order valence-corrected chi connectivity index (χ4v) is 4.81. The molecule has 27 heavy (non-hydrogen) atoms. The number of nitrogens with zero attached hydrogens (tertiary/aromatic N) is 2. The summed E-state index contributed by atoms with van der Waals surface area (Å²) in [6.07, 6.45) is 1.89. The number of rotatable bonds is 5. The summed E-state index contributed by atoms with van der Waals surface area (Å²) in [6, 6.07) is 14.1. The van der Waals surface area contributed by atoms with Crippen LogP contribution in [-0.2, 0) is 11.3 Å². The molecular weight excluding hydrogens is 385 g/mol. The second-order valence-electron chi connectivity index (χ2n) is 7.21. The maximum Gasteiger partial charge on any atom is 0.411 e. The topological polar surface area (TPSA) is 54.5 Å². The Hall–Kier alpha value is -1.82. The van der Waals surface area contributed by atoms with Gasteiger partial charge in [0.25, 0.3) is 0 Å². The van der Waals surface area contributed by atoms with Crippen molar-refractivity contribution in [3.8, 4) is 0 Å². The lowest BCUT2D eigenvalue weighted by atomic mass is 9.99. The molecule has 2 heterocycles. The Kier molecular flexibility index (Phi) is 5.53. The fraction of sp³-hybridized carbons (Fsp3) is 0.400. The highest BCUT2D eigenvalue weighted by Crippen LogP contribution is 2.43. The highest BCUT2D eigenvalue weighted by Gasteiger charge is 2.46. The number of hydrogen-bond acceptors (Lipinski definition) is 4. The average molecular weight is 406 g/mol. The monoisotopic (exact) mass is 405 g/mol. The van der Waals surface area contributed by atoms with Crippen LogP contribution in [0.25, 0.3) is 0 Å². The number of pyridine rings is 1. The number of benzene rings is 1. The number of hydrogen-bond donors (Lipinski definition) is 1. The third-order valence-electron chi connectivity index (χ3n) is 5.52. The van der Waals surface area contributed by atoms with Crippen molar-refractivity contribution in [1.29, 1.82) is 0 Å². The van der Waals surface area contributed by atoms with Gasteiger partial charge < -0.3 is 4.74 Å². The van der Waals surface area contributed by atoms with Crippen LogP contribution in [0.1, 0.15) is 18.4 Å². The van der Waals surface area contributed by atoms with Gasteiger partial charge in [-0.3, -0.25) is 10.2 Å². The van der Waals surface area contributed by atoms with E-state index in [1.807, 2.05) is 6.07 Å². The van der Waals surface area contributed by atoms with Gasteiger partial charge in [-0.1, -0.05) is 53.5 Å². The third-order valence-corrected chi connectivity index (χ3v) is 5.90. The summed E-state index contributed by atoms with van der Waals surface area (Å²) < 4.78 is 5.51. The molecule has 1 aromatic heterocycles. The average Bonchev–Trinajstić information content (AvgIpc) is 3.16. The van der Waals surface area contributed by atoms with Crippen molar-refractivity contribution in [3.63, 3.8) is 0 Å². The van der Waals surface area contributed by atoms with Gasteiger partial charge in [0.1, 0.15) is 10.3 Å². The van der Waals surface area contributed by atoms with Gasteiger partial charge in [-0.2, -0.15) is 0 Å². The Morgan fingerprint density at radius 3 is 2.67 bits per heavy atom. The molecule has 2 bridgehead atoms. The van der Waals surface area contributed by atoms with E-state index in [0.717, 1.165) is 13.1 Å². The van der Waals surface area contributed by atoms with E-state index in [1.54, 1.807) is 0 Å². The Bertz CT molecular complexity index is 798. The zero-order chi connectivity index (χ0) is 18.8. The molecule has 1 N–H and O–H groups in total. The van der Waals surface area contributed by atoms with Gasteiger partial charge >= 0.3 is 6.09 Å². The molecule has 1 amide bonds. The van der Waals surface area contributed by atoms with E-state index >= 15 is 0 Å².